The molecule has 1 atom stereocenters. The number of imidazole rings is 1. The van der Waals surface area contributed by atoms with E-state index in [1.54, 1.807) is 16.8 Å². The lowest BCUT2D eigenvalue weighted by Crippen LogP contribution is -2.51. The maximum Gasteiger partial charge on any atom is 0.410 e. The van der Waals surface area contributed by atoms with E-state index in [0.29, 0.717) is 56.3 Å². The predicted molar refractivity (Wildman–Crippen MR) is 164 cm³/mol. The molecule has 1 N–H and O–H groups in total. The predicted octanol–water partition coefficient (Wildman–Crippen LogP) is 3.29. The van der Waals surface area contributed by atoms with Crippen LogP contribution in [0.4, 0.5) is 4.79 Å². The number of aldehydes is 1. The Morgan fingerprint density at radius 2 is 1.56 bits per heavy atom. The molecule has 0 aliphatic carbocycles. The molecule has 11 heteroatoms. The van der Waals surface area contributed by atoms with Gasteiger partial charge in [0.1, 0.15) is 11.9 Å². The average molecular weight is 592 g/mol. The zero-order chi connectivity index (χ0) is 31.3. The van der Waals surface area contributed by atoms with E-state index in [2.05, 4.69) is 5.32 Å². The first-order valence-corrected chi connectivity index (χ1v) is 14.6. The smallest absolute Gasteiger partial charge is 0.410 e. The Balaban J connectivity index is 1.38. The van der Waals surface area contributed by atoms with Crippen molar-refractivity contribution < 1.29 is 23.9 Å². The van der Waals surface area contributed by atoms with Crippen LogP contribution in [0.3, 0.4) is 0 Å². The van der Waals surface area contributed by atoms with Crippen LogP contribution in [0.25, 0.3) is 22.2 Å². The largest absolute Gasteiger partial charge is 0.444 e. The van der Waals surface area contributed by atoms with E-state index in [0.717, 1.165) is 16.7 Å². The van der Waals surface area contributed by atoms with Gasteiger partial charge in [0.15, 0.2) is 0 Å². The van der Waals surface area contributed by atoms with Crippen LogP contribution in [-0.2, 0) is 32.6 Å². The number of aromatic nitrogens is 2. The van der Waals surface area contributed by atoms with E-state index in [1.165, 1.54) is 16.2 Å². The highest BCUT2D eigenvalue weighted by molar-refractivity contribution is 5.84. The van der Waals surface area contributed by atoms with Crippen LogP contribution in [0.1, 0.15) is 51.6 Å². The number of aryl methyl sites for hydroxylation is 2. The molecule has 0 saturated carbocycles. The maximum atomic E-state index is 13.0. The molecule has 230 valence electrons. The average Bonchev–Trinajstić information content (AvgIpc) is 3.24. The summed E-state index contributed by atoms with van der Waals surface area (Å²) in [5, 5.41) is 2.54. The molecule has 2 heterocycles. The number of carbonyl (C=O) groups is 4. The van der Waals surface area contributed by atoms with Gasteiger partial charge in [-0.15, -0.1) is 0 Å². The Bertz CT molecular complexity index is 1540. The molecule has 11 nitrogen and oxygen atoms in total. The lowest BCUT2D eigenvalue weighted by atomic mass is 10.0. The molecule has 4 rings (SSSR count). The molecule has 2 aromatic carbocycles. The third-order valence-corrected chi connectivity index (χ3v) is 7.72. The minimum atomic E-state index is -0.741. The topological polar surface area (TPSA) is 123 Å². The van der Waals surface area contributed by atoms with E-state index < -0.39 is 11.6 Å². The third kappa shape index (κ3) is 7.52. The summed E-state index contributed by atoms with van der Waals surface area (Å²) in [5.41, 5.74) is 3.37. The second-order valence-electron chi connectivity index (χ2n) is 11.9. The van der Waals surface area contributed by atoms with Gasteiger partial charge in [0.05, 0.1) is 17.1 Å². The molecule has 1 saturated heterocycles. The fourth-order valence-corrected chi connectivity index (χ4v) is 5.26. The Labute approximate surface area is 251 Å². The minimum absolute atomic E-state index is 0.0627. The first kappa shape index (κ1) is 31.5. The number of ether oxygens (including phenoxy) is 1. The van der Waals surface area contributed by atoms with Crippen LogP contribution in [0.2, 0.25) is 0 Å². The first-order chi connectivity index (χ1) is 20.4. The summed E-state index contributed by atoms with van der Waals surface area (Å²) < 4.78 is 8.40. The quantitative estimate of drug-likeness (QED) is 0.381. The van der Waals surface area contributed by atoms with E-state index in [1.807, 2.05) is 63.2 Å². The number of carbonyl (C=O) groups excluding carboxylic acids is 4. The molecule has 3 amide bonds. The van der Waals surface area contributed by atoms with Crippen molar-refractivity contribution in [1.82, 2.24) is 24.3 Å². The van der Waals surface area contributed by atoms with Crippen LogP contribution in [0.15, 0.2) is 47.3 Å². The molecule has 1 aliphatic rings. The van der Waals surface area contributed by atoms with Crippen molar-refractivity contribution in [1.29, 1.82) is 0 Å². The molecule has 3 aromatic rings. The second-order valence-corrected chi connectivity index (χ2v) is 11.9. The SMILES string of the molecule is CNC(=O)CCC(C=O)n1c(=O)n(C)c2cc(-c3ccc(CCC(=O)N4CCN(C(=O)OC(C)(C)C)CC4)cc3)ccc21. The highest BCUT2D eigenvalue weighted by Crippen LogP contribution is 2.26. The van der Waals surface area contributed by atoms with E-state index in [-0.39, 0.29) is 36.4 Å². The summed E-state index contributed by atoms with van der Waals surface area (Å²) in [5.74, 6) is -0.124. The molecule has 0 spiro atoms. The van der Waals surface area contributed by atoms with Gasteiger partial charge in [-0.3, -0.25) is 18.7 Å². The van der Waals surface area contributed by atoms with Crippen LogP contribution in [0.5, 0.6) is 0 Å². The highest BCUT2D eigenvalue weighted by Gasteiger charge is 2.27. The fourth-order valence-electron chi connectivity index (χ4n) is 5.26. The summed E-state index contributed by atoms with van der Waals surface area (Å²) in [6.07, 6.45) is 1.72. The molecule has 0 bridgehead atoms. The second kappa shape index (κ2) is 13.3. The van der Waals surface area contributed by atoms with Gasteiger partial charge in [0, 0.05) is 53.1 Å². The van der Waals surface area contributed by atoms with Gasteiger partial charge < -0.3 is 24.6 Å². The molecule has 1 aromatic heterocycles. The Morgan fingerprint density at radius 3 is 2.16 bits per heavy atom. The number of hydrogen-bond acceptors (Lipinski definition) is 6. The molecular weight excluding hydrogens is 550 g/mol. The summed E-state index contributed by atoms with van der Waals surface area (Å²) >= 11 is 0. The van der Waals surface area contributed by atoms with Gasteiger partial charge in [-0.2, -0.15) is 0 Å². The summed E-state index contributed by atoms with van der Waals surface area (Å²) in [7, 11) is 3.21. The van der Waals surface area contributed by atoms with Crippen molar-refractivity contribution in [3.8, 4) is 11.1 Å². The summed E-state index contributed by atoms with van der Waals surface area (Å²) in [4.78, 5) is 65.2. The van der Waals surface area contributed by atoms with Crippen molar-refractivity contribution in [3.63, 3.8) is 0 Å². The van der Waals surface area contributed by atoms with Crippen LogP contribution < -0.4 is 11.0 Å². The van der Waals surface area contributed by atoms with Crippen molar-refractivity contribution in [2.24, 2.45) is 7.05 Å². The number of nitrogens with one attached hydrogen (secondary N) is 1. The number of piperazine rings is 1. The van der Waals surface area contributed by atoms with Crippen LogP contribution >= 0.6 is 0 Å². The van der Waals surface area contributed by atoms with Crippen molar-refractivity contribution >= 4 is 35.2 Å². The number of hydrogen-bond donors (Lipinski definition) is 1. The zero-order valence-corrected chi connectivity index (χ0v) is 25.6. The third-order valence-electron chi connectivity index (χ3n) is 7.72. The van der Waals surface area contributed by atoms with Gasteiger partial charge in [-0.1, -0.05) is 30.3 Å². The van der Waals surface area contributed by atoms with Crippen molar-refractivity contribution in [2.45, 2.75) is 58.1 Å². The number of amides is 3. The molecule has 1 fully saturated rings. The van der Waals surface area contributed by atoms with E-state index >= 15 is 0 Å². The standard InChI is InChI=1S/C32H41N5O6/c1-32(2,3)43-31(42)36-18-16-35(17-19-36)29(40)15-8-22-6-9-23(10-7-22)24-11-13-26-27(20-24)34(5)30(41)37(26)25(21-38)12-14-28(39)33-4/h6-7,9-11,13,20-21,25H,8,12,14-19H2,1-5H3,(H,33,39). The Morgan fingerprint density at radius 1 is 0.930 bits per heavy atom. The molecule has 1 unspecified atom stereocenters. The normalized spacial score (nSPS) is 14.4. The molecule has 1 aliphatic heterocycles. The fraction of sp³-hybridized carbons (Fsp3) is 0.469. The number of benzene rings is 2. The molecule has 43 heavy (non-hydrogen) atoms. The maximum absolute atomic E-state index is 13.0. The van der Waals surface area contributed by atoms with Gasteiger partial charge in [0.25, 0.3) is 0 Å². The van der Waals surface area contributed by atoms with E-state index in [9.17, 15) is 24.0 Å². The summed E-state index contributed by atoms with van der Waals surface area (Å²) in [6, 6.07) is 12.9. The zero-order valence-electron chi connectivity index (χ0n) is 25.6. The van der Waals surface area contributed by atoms with Crippen molar-refractivity contribution in [3.05, 3.63) is 58.5 Å². The van der Waals surface area contributed by atoms with Crippen molar-refractivity contribution in [2.75, 3.05) is 33.2 Å². The molecular formula is C32H41N5O6. The number of rotatable bonds is 9. The van der Waals surface area contributed by atoms with Gasteiger partial charge in [0.2, 0.25) is 11.8 Å². The summed E-state index contributed by atoms with van der Waals surface area (Å²) in [6.45, 7) is 7.41. The van der Waals surface area contributed by atoms with Crippen LogP contribution in [-0.4, -0.2) is 82.0 Å². The van der Waals surface area contributed by atoms with E-state index in [4.69, 9.17) is 4.74 Å². The minimum Gasteiger partial charge on any atom is -0.444 e. The Kier molecular flexibility index (Phi) is 9.73. The molecule has 0 radical (unpaired) electrons. The van der Waals surface area contributed by atoms with Gasteiger partial charge >= 0.3 is 11.8 Å². The number of fused-ring (bicyclic) bond motifs is 1. The first-order valence-electron chi connectivity index (χ1n) is 14.6. The Hall–Kier alpha value is -4.41. The van der Waals surface area contributed by atoms with Gasteiger partial charge in [-0.05, 0) is 62.4 Å². The van der Waals surface area contributed by atoms with Gasteiger partial charge in [-0.25, -0.2) is 9.59 Å². The monoisotopic (exact) mass is 591 g/mol. The number of nitrogens with zero attached hydrogens (tertiary/aromatic N) is 4. The van der Waals surface area contributed by atoms with Crippen LogP contribution in [0, 0.1) is 0 Å². The lowest BCUT2D eigenvalue weighted by Gasteiger charge is -2.35. The lowest BCUT2D eigenvalue weighted by molar-refractivity contribution is -0.133. The highest BCUT2D eigenvalue weighted by atomic mass is 16.6.